The van der Waals surface area contributed by atoms with Crippen LogP contribution in [0.3, 0.4) is 0 Å². The topological polar surface area (TPSA) is 0 Å². The van der Waals surface area contributed by atoms with Crippen molar-refractivity contribution >= 4 is 0 Å². The zero-order valence-electron chi connectivity index (χ0n) is 14.5. The molecule has 0 aromatic carbocycles. The summed E-state index contributed by atoms with van der Waals surface area (Å²) in [6.45, 7) is 2.52. The van der Waals surface area contributed by atoms with Gasteiger partial charge in [0, 0.05) is 0 Å². The van der Waals surface area contributed by atoms with Crippen molar-refractivity contribution in [2.45, 2.75) is 103 Å². The standard InChI is InChI=1S/C21H38/c1-17-12-13-20(15-18-8-4-2-5-9-18)21(14-17)16-19-10-6-3-7-11-19/h17-21H,2-16H2,1H3. The van der Waals surface area contributed by atoms with Crippen molar-refractivity contribution in [3.05, 3.63) is 0 Å². The van der Waals surface area contributed by atoms with Crippen LogP contribution in [0.2, 0.25) is 0 Å². The molecular weight excluding hydrogens is 252 g/mol. The summed E-state index contributed by atoms with van der Waals surface area (Å²) in [6, 6.07) is 0. The lowest BCUT2D eigenvalue weighted by Gasteiger charge is -2.40. The van der Waals surface area contributed by atoms with E-state index in [0.717, 1.165) is 29.6 Å². The Morgan fingerprint density at radius 1 is 0.571 bits per heavy atom. The fraction of sp³-hybridized carbons (Fsp3) is 1.00. The molecule has 3 rings (SSSR count). The Morgan fingerprint density at radius 3 is 1.67 bits per heavy atom. The van der Waals surface area contributed by atoms with Crippen molar-refractivity contribution in [1.82, 2.24) is 0 Å². The molecule has 0 aliphatic heterocycles. The van der Waals surface area contributed by atoms with Crippen LogP contribution in [0.5, 0.6) is 0 Å². The van der Waals surface area contributed by atoms with Crippen LogP contribution in [0.25, 0.3) is 0 Å². The number of hydrogen-bond donors (Lipinski definition) is 0. The molecule has 3 unspecified atom stereocenters. The van der Waals surface area contributed by atoms with Gasteiger partial charge in [0.25, 0.3) is 0 Å². The molecule has 122 valence electrons. The summed E-state index contributed by atoms with van der Waals surface area (Å²) >= 11 is 0. The second-order valence-corrected chi connectivity index (χ2v) is 8.92. The second-order valence-electron chi connectivity index (χ2n) is 8.92. The van der Waals surface area contributed by atoms with E-state index in [9.17, 15) is 0 Å². The fourth-order valence-electron chi connectivity index (χ4n) is 5.86. The van der Waals surface area contributed by atoms with Gasteiger partial charge >= 0.3 is 0 Å². The highest BCUT2D eigenvalue weighted by molar-refractivity contribution is 4.83. The van der Waals surface area contributed by atoms with Gasteiger partial charge in [0.2, 0.25) is 0 Å². The van der Waals surface area contributed by atoms with Gasteiger partial charge in [-0.25, -0.2) is 0 Å². The first kappa shape index (κ1) is 15.9. The van der Waals surface area contributed by atoms with Crippen LogP contribution < -0.4 is 0 Å². The molecule has 21 heavy (non-hydrogen) atoms. The van der Waals surface area contributed by atoms with Crippen LogP contribution in [0.4, 0.5) is 0 Å². The van der Waals surface area contributed by atoms with Gasteiger partial charge in [-0.1, -0.05) is 77.6 Å². The quantitative estimate of drug-likeness (QED) is 0.524. The van der Waals surface area contributed by atoms with Crippen molar-refractivity contribution in [1.29, 1.82) is 0 Å². The smallest absolute Gasteiger partial charge is 0.0381 e. The molecule has 0 aromatic rings. The molecule has 3 atom stereocenters. The lowest BCUT2D eigenvalue weighted by atomic mass is 9.66. The summed E-state index contributed by atoms with van der Waals surface area (Å²) in [4.78, 5) is 0. The average molecular weight is 291 g/mol. The summed E-state index contributed by atoms with van der Waals surface area (Å²) < 4.78 is 0. The first-order valence-corrected chi connectivity index (χ1v) is 10.3. The molecule has 0 nitrogen and oxygen atoms in total. The van der Waals surface area contributed by atoms with Gasteiger partial charge in [-0.15, -0.1) is 0 Å². The van der Waals surface area contributed by atoms with Crippen molar-refractivity contribution in [3.8, 4) is 0 Å². The molecule has 0 radical (unpaired) electrons. The molecule has 3 saturated carbocycles. The molecule has 0 amide bonds. The predicted molar refractivity (Wildman–Crippen MR) is 92.4 cm³/mol. The number of rotatable bonds is 4. The lowest BCUT2D eigenvalue weighted by Crippen LogP contribution is -2.28. The maximum atomic E-state index is 2.52. The molecule has 0 N–H and O–H groups in total. The van der Waals surface area contributed by atoms with Gasteiger partial charge in [-0.05, 0) is 55.3 Å². The van der Waals surface area contributed by atoms with Crippen LogP contribution in [0, 0.1) is 29.6 Å². The minimum Gasteiger partial charge on any atom is -0.0625 e. The van der Waals surface area contributed by atoms with Gasteiger partial charge in [-0.2, -0.15) is 0 Å². The van der Waals surface area contributed by atoms with Gasteiger partial charge in [0.15, 0.2) is 0 Å². The molecule has 3 aliphatic carbocycles. The van der Waals surface area contributed by atoms with Crippen LogP contribution in [0.1, 0.15) is 103 Å². The minimum atomic E-state index is 1.01. The average Bonchev–Trinajstić information content (AvgIpc) is 2.52. The summed E-state index contributed by atoms with van der Waals surface area (Å²) in [7, 11) is 0. The Bertz CT molecular complexity index is 282. The maximum absolute atomic E-state index is 2.52. The predicted octanol–water partition coefficient (Wildman–Crippen LogP) is 6.98. The summed E-state index contributed by atoms with van der Waals surface area (Å²) in [5.41, 5.74) is 0. The Labute approximate surface area is 133 Å². The van der Waals surface area contributed by atoms with Gasteiger partial charge in [0.05, 0.1) is 0 Å². The molecular formula is C21H38. The first-order chi connectivity index (χ1) is 10.3. The highest BCUT2D eigenvalue weighted by Gasteiger charge is 2.32. The SMILES string of the molecule is CC1CCC(CC2CCCCC2)C(CC2CCCCC2)C1. The summed E-state index contributed by atoms with van der Waals surface area (Å²) in [5.74, 6) is 5.42. The van der Waals surface area contributed by atoms with E-state index < -0.39 is 0 Å². The largest absolute Gasteiger partial charge is 0.0625 e. The molecule has 0 spiro atoms. The fourth-order valence-corrected chi connectivity index (χ4v) is 5.86. The molecule has 0 saturated heterocycles. The monoisotopic (exact) mass is 290 g/mol. The van der Waals surface area contributed by atoms with Crippen LogP contribution in [-0.2, 0) is 0 Å². The van der Waals surface area contributed by atoms with E-state index in [1.165, 1.54) is 44.9 Å². The van der Waals surface area contributed by atoms with Gasteiger partial charge < -0.3 is 0 Å². The normalized spacial score (nSPS) is 36.7. The van der Waals surface area contributed by atoms with Crippen molar-refractivity contribution in [2.75, 3.05) is 0 Å². The van der Waals surface area contributed by atoms with Gasteiger partial charge in [0.1, 0.15) is 0 Å². The molecule has 3 aliphatic rings. The second kappa shape index (κ2) is 8.02. The Kier molecular flexibility index (Phi) is 6.07. The first-order valence-electron chi connectivity index (χ1n) is 10.3. The zero-order chi connectivity index (χ0) is 14.5. The highest BCUT2D eigenvalue weighted by atomic mass is 14.4. The van der Waals surface area contributed by atoms with E-state index in [1.807, 2.05) is 0 Å². The van der Waals surface area contributed by atoms with E-state index >= 15 is 0 Å². The molecule has 0 aromatic heterocycles. The van der Waals surface area contributed by atoms with E-state index in [0.29, 0.717) is 0 Å². The molecule has 0 heterocycles. The number of hydrogen-bond acceptors (Lipinski definition) is 0. The van der Waals surface area contributed by atoms with Crippen molar-refractivity contribution < 1.29 is 0 Å². The van der Waals surface area contributed by atoms with E-state index in [4.69, 9.17) is 0 Å². The summed E-state index contributed by atoms with van der Waals surface area (Å²) in [5, 5.41) is 0. The van der Waals surface area contributed by atoms with Gasteiger partial charge in [-0.3, -0.25) is 0 Å². The molecule has 0 heteroatoms. The third kappa shape index (κ3) is 4.73. The third-order valence-electron chi connectivity index (χ3n) is 7.12. The molecule has 3 fully saturated rings. The third-order valence-corrected chi connectivity index (χ3v) is 7.12. The van der Waals surface area contributed by atoms with Crippen LogP contribution in [-0.4, -0.2) is 0 Å². The molecule has 0 bridgehead atoms. The lowest BCUT2D eigenvalue weighted by molar-refractivity contribution is 0.116. The van der Waals surface area contributed by atoms with Crippen LogP contribution in [0.15, 0.2) is 0 Å². The van der Waals surface area contributed by atoms with Crippen molar-refractivity contribution in [3.63, 3.8) is 0 Å². The minimum absolute atomic E-state index is 1.01. The van der Waals surface area contributed by atoms with E-state index in [-0.39, 0.29) is 0 Å². The highest BCUT2D eigenvalue weighted by Crippen LogP contribution is 2.44. The Morgan fingerprint density at radius 2 is 1.10 bits per heavy atom. The van der Waals surface area contributed by atoms with E-state index in [2.05, 4.69) is 6.92 Å². The van der Waals surface area contributed by atoms with Crippen LogP contribution >= 0.6 is 0 Å². The Hall–Kier alpha value is 0. The van der Waals surface area contributed by atoms with Crippen molar-refractivity contribution in [2.24, 2.45) is 29.6 Å². The zero-order valence-corrected chi connectivity index (χ0v) is 14.5. The maximum Gasteiger partial charge on any atom is -0.0381 e. The van der Waals surface area contributed by atoms with E-state index in [1.54, 1.807) is 51.4 Å². The summed E-state index contributed by atoms with van der Waals surface area (Å²) in [6.07, 6.45) is 23.2. The Balaban J connectivity index is 1.53.